The van der Waals surface area contributed by atoms with Gasteiger partial charge in [0.15, 0.2) is 11.5 Å². The van der Waals surface area contributed by atoms with E-state index in [2.05, 4.69) is 39.9 Å². The topological polar surface area (TPSA) is 50.8 Å². The van der Waals surface area contributed by atoms with E-state index in [1.807, 2.05) is 31.2 Å². The molecule has 156 valence electrons. The number of nitrogens with zero attached hydrogens (tertiary/aromatic N) is 1. The first-order valence-electron chi connectivity index (χ1n) is 9.98. The number of rotatable bonds is 6. The third-order valence-electron chi connectivity index (χ3n) is 5.43. The average Bonchev–Trinajstić information content (AvgIpc) is 3.26. The zero-order valence-corrected chi connectivity index (χ0v) is 18.3. The van der Waals surface area contributed by atoms with Gasteiger partial charge in [-0.15, -0.1) is 11.3 Å². The van der Waals surface area contributed by atoms with Gasteiger partial charge in [-0.2, -0.15) is 0 Å². The monoisotopic (exact) mass is 422 g/mol. The summed E-state index contributed by atoms with van der Waals surface area (Å²) in [4.78, 5) is 16.3. The Hall–Kier alpha value is -2.83. The normalized spacial score (nSPS) is 16.0. The molecular weight excluding hydrogens is 396 g/mol. The Labute approximate surface area is 181 Å². The van der Waals surface area contributed by atoms with E-state index in [-0.39, 0.29) is 11.9 Å². The second kappa shape index (κ2) is 8.90. The smallest absolute Gasteiger partial charge is 0.238 e. The van der Waals surface area contributed by atoms with Gasteiger partial charge in [0.25, 0.3) is 0 Å². The molecule has 0 radical (unpaired) electrons. The molecule has 1 aromatic heterocycles. The lowest BCUT2D eigenvalue weighted by Gasteiger charge is -2.37. The molecule has 0 spiro atoms. The Morgan fingerprint density at radius 3 is 2.63 bits per heavy atom. The third-order valence-corrected chi connectivity index (χ3v) is 6.36. The molecule has 4 rings (SSSR count). The maximum atomic E-state index is 12.8. The van der Waals surface area contributed by atoms with Gasteiger partial charge < -0.3 is 14.8 Å². The molecule has 2 heterocycles. The van der Waals surface area contributed by atoms with Crippen LogP contribution in [0.15, 0.2) is 53.9 Å². The second-order valence-electron chi connectivity index (χ2n) is 7.46. The lowest BCUT2D eigenvalue weighted by molar-refractivity contribution is -0.117. The molecule has 0 bridgehead atoms. The maximum Gasteiger partial charge on any atom is 0.238 e. The van der Waals surface area contributed by atoms with E-state index >= 15 is 0 Å². The number of methoxy groups -OCH3 is 2. The maximum absolute atomic E-state index is 12.8. The van der Waals surface area contributed by atoms with Crippen LogP contribution < -0.4 is 14.8 Å². The molecule has 1 aliphatic rings. The molecule has 1 N–H and O–H groups in total. The Balaban J connectivity index is 1.63. The van der Waals surface area contributed by atoms with E-state index in [1.54, 1.807) is 25.6 Å². The number of anilines is 1. The fraction of sp³-hybridized carbons (Fsp3) is 0.292. The molecule has 1 amide bonds. The zero-order chi connectivity index (χ0) is 21.1. The summed E-state index contributed by atoms with van der Waals surface area (Å²) in [5.74, 6) is 1.45. The summed E-state index contributed by atoms with van der Waals surface area (Å²) in [6.07, 6.45) is 0.856. The van der Waals surface area contributed by atoms with E-state index in [1.165, 1.54) is 16.0 Å². The molecule has 1 atom stereocenters. The summed E-state index contributed by atoms with van der Waals surface area (Å²) in [6, 6.07) is 16.2. The molecule has 0 saturated heterocycles. The van der Waals surface area contributed by atoms with Gasteiger partial charge in [0.2, 0.25) is 5.91 Å². The number of fused-ring (bicyclic) bond motifs is 1. The van der Waals surface area contributed by atoms with Crippen LogP contribution in [0.5, 0.6) is 11.5 Å². The van der Waals surface area contributed by atoms with Gasteiger partial charge in [-0.1, -0.05) is 18.2 Å². The Kier molecular flexibility index (Phi) is 6.06. The predicted molar refractivity (Wildman–Crippen MR) is 121 cm³/mol. The molecule has 30 heavy (non-hydrogen) atoms. The van der Waals surface area contributed by atoms with Crippen LogP contribution >= 0.6 is 11.3 Å². The first kappa shape index (κ1) is 20.4. The van der Waals surface area contributed by atoms with Crippen molar-refractivity contribution in [2.75, 3.05) is 32.6 Å². The summed E-state index contributed by atoms with van der Waals surface area (Å²) >= 11 is 1.71. The van der Waals surface area contributed by atoms with E-state index in [0.29, 0.717) is 12.3 Å². The number of carbonyl (C=O) groups excluding carboxylic acids is 1. The highest BCUT2D eigenvalue weighted by molar-refractivity contribution is 7.10. The number of ether oxygens (including phenoxy) is 2. The molecule has 2 aromatic carbocycles. The van der Waals surface area contributed by atoms with Crippen LogP contribution in [0, 0.1) is 6.92 Å². The van der Waals surface area contributed by atoms with E-state index < -0.39 is 0 Å². The number of benzene rings is 2. The number of hydrogen-bond acceptors (Lipinski definition) is 5. The zero-order valence-electron chi connectivity index (χ0n) is 17.5. The Bertz CT molecular complexity index is 1030. The second-order valence-corrected chi connectivity index (χ2v) is 8.44. The molecule has 3 aromatic rings. The van der Waals surface area contributed by atoms with Crippen molar-refractivity contribution in [2.45, 2.75) is 19.4 Å². The summed E-state index contributed by atoms with van der Waals surface area (Å²) < 4.78 is 11.1. The molecule has 1 aliphatic heterocycles. The summed E-state index contributed by atoms with van der Waals surface area (Å²) in [5, 5.41) is 5.12. The highest BCUT2D eigenvalue weighted by atomic mass is 32.1. The van der Waals surface area contributed by atoms with Crippen molar-refractivity contribution in [3.8, 4) is 11.5 Å². The number of carbonyl (C=O) groups is 1. The minimum atomic E-state index is -0.00826. The molecule has 5 nitrogen and oxygen atoms in total. The van der Waals surface area contributed by atoms with Crippen molar-refractivity contribution < 1.29 is 14.3 Å². The molecule has 0 fully saturated rings. The van der Waals surface area contributed by atoms with Crippen LogP contribution in [0.2, 0.25) is 0 Å². The van der Waals surface area contributed by atoms with Gasteiger partial charge in [-0.3, -0.25) is 9.69 Å². The standard InChI is InChI=1S/C24H26N2O3S/c1-16-6-4-7-18(12-16)25-23(27)15-26-10-9-17-13-20(28-2)21(29-3)14-19(17)24(26)22-8-5-11-30-22/h4-8,11-14,24H,9-10,15H2,1-3H3,(H,25,27)/t24-/m1/s1. The van der Waals surface area contributed by atoms with Gasteiger partial charge >= 0.3 is 0 Å². The van der Waals surface area contributed by atoms with Crippen molar-refractivity contribution in [3.63, 3.8) is 0 Å². The van der Waals surface area contributed by atoms with Crippen molar-refractivity contribution in [2.24, 2.45) is 0 Å². The lowest BCUT2D eigenvalue weighted by Crippen LogP contribution is -2.40. The minimum Gasteiger partial charge on any atom is -0.493 e. The number of thiophene rings is 1. The first-order valence-corrected chi connectivity index (χ1v) is 10.9. The van der Waals surface area contributed by atoms with Crippen molar-refractivity contribution >= 4 is 22.9 Å². The van der Waals surface area contributed by atoms with Crippen LogP contribution in [0.4, 0.5) is 5.69 Å². The largest absolute Gasteiger partial charge is 0.493 e. The molecule has 6 heteroatoms. The first-order chi connectivity index (χ1) is 14.6. The SMILES string of the molecule is COc1cc2c(cc1OC)[C@H](c1cccs1)N(CC(=O)Nc1cccc(C)c1)CC2. The summed E-state index contributed by atoms with van der Waals surface area (Å²) in [6.45, 7) is 3.14. The lowest BCUT2D eigenvalue weighted by atomic mass is 9.91. The van der Waals surface area contributed by atoms with Gasteiger partial charge in [0.05, 0.1) is 26.8 Å². The van der Waals surface area contributed by atoms with Gasteiger partial charge in [0, 0.05) is 17.1 Å². The third kappa shape index (κ3) is 4.20. The predicted octanol–water partition coefficient (Wildman–Crippen LogP) is 4.66. The number of hydrogen-bond donors (Lipinski definition) is 1. The Morgan fingerprint density at radius 2 is 1.93 bits per heavy atom. The van der Waals surface area contributed by atoms with Crippen molar-refractivity contribution in [1.82, 2.24) is 4.90 Å². The fourth-order valence-electron chi connectivity index (χ4n) is 4.06. The summed E-state index contributed by atoms with van der Waals surface area (Å²) in [7, 11) is 3.31. The van der Waals surface area contributed by atoms with Gasteiger partial charge in [-0.25, -0.2) is 0 Å². The highest BCUT2D eigenvalue weighted by Gasteiger charge is 2.32. The minimum absolute atomic E-state index is 0.00826. The van der Waals surface area contributed by atoms with Crippen LogP contribution in [0.1, 0.15) is 27.6 Å². The Morgan fingerprint density at radius 1 is 1.13 bits per heavy atom. The van der Waals surface area contributed by atoms with E-state index in [4.69, 9.17) is 9.47 Å². The highest BCUT2D eigenvalue weighted by Crippen LogP contribution is 2.42. The number of nitrogens with one attached hydrogen (secondary N) is 1. The fourth-order valence-corrected chi connectivity index (χ4v) is 4.93. The molecule has 0 saturated carbocycles. The van der Waals surface area contributed by atoms with Crippen LogP contribution in [0.25, 0.3) is 0 Å². The quantitative estimate of drug-likeness (QED) is 0.628. The average molecular weight is 423 g/mol. The van der Waals surface area contributed by atoms with Gasteiger partial charge in [-0.05, 0) is 65.7 Å². The van der Waals surface area contributed by atoms with Crippen molar-refractivity contribution in [3.05, 3.63) is 75.5 Å². The van der Waals surface area contributed by atoms with Crippen LogP contribution in [0.3, 0.4) is 0 Å². The molecule has 0 unspecified atom stereocenters. The summed E-state index contributed by atoms with van der Waals surface area (Å²) in [5.41, 5.74) is 4.36. The van der Waals surface area contributed by atoms with E-state index in [0.717, 1.165) is 30.0 Å². The van der Waals surface area contributed by atoms with Crippen LogP contribution in [-0.4, -0.2) is 38.1 Å². The van der Waals surface area contributed by atoms with E-state index in [9.17, 15) is 4.79 Å². The number of aryl methyl sites for hydroxylation is 1. The van der Waals surface area contributed by atoms with Crippen molar-refractivity contribution in [1.29, 1.82) is 0 Å². The molecule has 0 aliphatic carbocycles. The van der Waals surface area contributed by atoms with Crippen LogP contribution in [-0.2, 0) is 11.2 Å². The van der Waals surface area contributed by atoms with Gasteiger partial charge in [0.1, 0.15) is 0 Å². The molecular formula is C24H26N2O3S. The number of amides is 1.